The molecular formula is C21H24N6O5. The van der Waals surface area contributed by atoms with Gasteiger partial charge in [-0.15, -0.1) is 5.10 Å². The van der Waals surface area contributed by atoms with Crippen LogP contribution in [0.2, 0.25) is 0 Å². The van der Waals surface area contributed by atoms with E-state index in [0.717, 1.165) is 10.2 Å². The van der Waals surface area contributed by atoms with Crippen LogP contribution in [0.1, 0.15) is 22.8 Å². The third-order valence-corrected chi connectivity index (χ3v) is 4.29. The van der Waals surface area contributed by atoms with Crippen LogP contribution in [-0.4, -0.2) is 55.7 Å². The van der Waals surface area contributed by atoms with Crippen molar-refractivity contribution >= 4 is 29.1 Å². The number of ether oxygens (including phenoxy) is 1. The highest BCUT2D eigenvalue weighted by molar-refractivity contribution is 5.95. The summed E-state index contributed by atoms with van der Waals surface area (Å²) in [4.78, 5) is 28.4. The van der Waals surface area contributed by atoms with Crippen molar-refractivity contribution in [3.8, 4) is 5.75 Å². The molecule has 11 nitrogen and oxygen atoms in total. The molecule has 32 heavy (non-hydrogen) atoms. The van der Waals surface area contributed by atoms with Crippen LogP contribution in [0, 0.1) is 6.92 Å². The molecule has 0 saturated heterocycles. The number of aryl methyl sites for hydroxylation is 1. The number of amides is 1. The Balaban J connectivity index is 1.65. The molecule has 168 valence electrons. The molecule has 0 saturated carbocycles. The number of aromatic nitrogens is 3. The van der Waals surface area contributed by atoms with Gasteiger partial charge in [-0.3, -0.25) is 9.59 Å². The molecule has 3 rings (SSSR count). The van der Waals surface area contributed by atoms with E-state index in [4.69, 9.17) is 10.5 Å². The Morgan fingerprint density at radius 3 is 2.72 bits per heavy atom. The maximum atomic E-state index is 12.6. The number of nitrogens with two attached hydrogens (primary N) is 1. The second-order valence-corrected chi connectivity index (χ2v) is 7.14. The Bertz CT molecular complexity index is 1110. The summed E-state index contributed by atoms with van der Waals surface area (Å²) < 4.78 is 6.52. The molecule has 2 aromatic carbocycles. The monoisotopic (exact) mass is 440 g/mol. The number of benzene rings is 2. The first-order chi connectivity index (χ1) is 15.2. The number of aliphatic hydroxyl groups excluding tert-OH is 2. The molecule has 1 heterocycles. The zero-order valence-corrected chi connectivity index (χ0v) is 17.5. The highest BCUT2D eigenvalue weighted by Gasteiger charge is 2.15. The normalized spacial score (nSPS) is 12.6. The largest absolute Gasteiger partial charge is 0.484 e. The number of aliphatic hydroxyl groups is 2. The average Bonchev–Trinajstić information content (AvgIpc) is 3.19. The first kappa shape index (κ1) is 22.7. The zero-order chi connectivity index (χ0) is 23.3. The van der Waals surface area contributed by atoms with E-state index in [1.54, 1.807) is 30.3 Å². The third-order valence-electron chi connectivity index (χ3n) is 4.29. The van der Waals surface area contributed by atoms with E-state index in [2.05, 4.69) is 20.7 Å². The minimum atomic E-state index is -1.40. The highest BCUT2D eigenvalue weighted by atomic mass is 16.5. The van der Waals surface area contributed by atoms with Crippen molar-refractivity contribution < 1.29 is 24.5 Å². The summed E-state index contributed by atoms with van der Waals surface area (Å²) >= 11 is 0. The smallest absolute Gasteiger partial charge is 0.279 e. The van der Waals surface area contributed by atoms with Gasteiger partial charge >= 0.3 is 0 Å². The van der Waals surface area contributed by atoms with E-state index in [1.807, 2.05) is 13.0 Å². The summed E-state index contributed by atoms with van der Waals surface area (Å²) in [6.45, 7) is 2.83. The van der Waals surface area contributed by atoms with Gasteiger partial charge in [0.25, 0.3) is 11.8 Å². The van der Waals surface area contributed by atoms with Gasteiger partial charge in [0.1, 0.15) is 12.1 Å². The van der Waals surface area contributed by atoms with Crippen LogP contribution in [0.25, 0.3) is 0 Å². The van der Waals surface area contributed by atoms with Crippen LogP contribution in [0.4, 0.5) is 17.3 Å². The van der Waals surface area contributed by atoms with Gasteiger partial charge in [0, 0.05) is 29.1 Å². The van der Waals surface area contributed by atoms with Crippen LogP contribution in [0.15, 0.2) is 48.8 Å². The van der Waals surface area contributed by atoms with E-state index in [1.165, 1.54) is 19.3 Å². The summed E-state index contributed by atoms with van der Waals surface area (Å²) in [5, 5.41) is 27.9. The van der Waals surface area contributed by atoms with E-state index in [-0.39, 0.29) is 17.6 Å². The number of rotatable bonds is 8. The molecule has 0 aliphatic heterocycles. The summed E-state index contributed by atoms with van der Waals surface area (Å²) in [5.41, 5.74) is 8.16. The van der Waals surface area contributed by atoms with Crippen LogP contribution < -0.4 is 21.1 Å². The molecule has 1 amide bonds. The van der Waals surface area contributed by atoms with Gasteiger partial charge < -0.3 is 31.3 Å². The molecule has 0 aliphatic rings. The van der Waals surface area contributed by atoms with Crippen molar-refractivity contribution in [2.45, 2.75) is 26.2 Å². The summed E-state index contributed by atoms with van der Waals surface area (Å²) in [6, 6.07) is 11.8. The molecule has 1 aromatic heterocycles. The lowest BCUT2D eigenvalue weighted by atomic mass is 10.1. The van der Waals surface area contributed by atoms with Crippen molar-refractivity contribution in [2.75, 3.05) is 17.7 Å². The second-order valence-electron chi connectivity index (χ2n) is 7.14. The Morgan fingerprint density at radius 1 is 1.22 bits per heavy atom. The lowest BCUT2D eigenvalue weighted by Crippen LogP contribution is -2.43. The molecule has 2 atom stereocenters. The number of nitrogens with zero attached hydrogens (tertiary/aromatic N) is 3. The number of carbonyl (C=O) groups excluding carboxylic acids is 2. The number of hydrogen-bond acceptors (Lipinski definition) is 9. The number of nitrogens with one attached hydrogen (secondary N) is 2. The molecule has 2 unspecified atom stereocenters. The minimum absolute atomic E-state index is 0.167. The van der Waals surface area contributed by atoms with Gasteiger partial charge in [0.05, 0.1) is 6.10 Å². The van der Waals surface area contributed by atoms with Crippen LogP contribution in [-0.2, 0) is 4.79 Å². The topological polar surface area (TPSA) is 165 Å². The molecule has 0 aliphatic carbocycles. The molecule has 11 heteroatoms. The van der Waals surface area contributed by atoms with Crippen molar-refractivity contribution in [3.63, 3.8) is 0 Å². The maximum absolute atomic E-state index is 12.6. The fraction of sp³-hybridized carbons (Fsp3) is 0.238. The van der Waals surface area contributed by atoms with Gasteiger partial charge in [0.2, 0.25) is 5.95 Å². The Kier molecular flexibility index (Phi) is 7.03. The number of anilines is 3. The number of nitrogen functional groups attached to an aromatic ring is 1. The lowest BCUT2D eigenvalue weighted by Gasteiger charge is -2.15. The van der Waals surface area contributed by atoms with Gasteiger partial charge in [0.15, 0.2) is 12.8 Å². The average molecular weight is 440 g/mol. The zero-order valence-electron chi connectivity index (χ0n) is 17.5. The van der Waals surface area contributed by atoms with Crippen molar-refractivity contribution in [1.29, 1.82) is 0 Å². The van der Waals surface area contributed by atoms with Gasteiger partial charge in [-0.25, -0.2) is 0 Å². The molecule has 0 radical (unpaired) electrons. The van der Waals surface area contributed by atoms with E-state index < -0.39 is 24.8 Å². The third kappa shape index (κ3) is 6.03. The van der Waals surface area contributed by atoms with E-state index in [0.29, 0.717) is 16.9 Å². The van der Waals surface area contributed by atoms with Crippen LogP contribution >= 0.6 is 0 Å². The van der Waals surface area contributed by atoms with Crippen LogP contribution in [0.5, 0.6) is 5.75 Å². The summed E-state index contributed by atoms with van der Waals surface area (Å²) in [5.74, 6) is -0.494. The van der Waals surface area contributed by atoms with Crippen molar-refractivity contribution in [2.24, 2.45) is 0 Å². The lowest BCUT2D eigenvalue weighted by molar-refractivity contribution is -0.128. The number of hydrogen-bond donors (Lipinski definition) is 5. The molecule has 0 spiro atoms. The minimum Gasteiger partial charge on any atom is -0.484 e. The van der Waals surface area contributed by atoms with Crippen LogP contribution in [0.3, 0.4) is 0 Å². The number of carbonyl (C=O) groups is 2. The summed E-state index contributed by atoms with van der Waals surface area (Å²) in [6.07, 6.45) is -1.21. The molecule has 3 aromatic rings. The Labute approximate surface area is 183 Å². The van der Waals surface area contributed by atoms with E-state index >= 15 is 0 Å². The molecular weight excluding hydrogens is 416 g/mol. The predicted molar refractivity (Wildman–Crippen MR) is 116 cm³/mol. The first-order valence-electron chi connectivity index (χ1n) is 9.70. The first-order valence-corrected chi connectivity index (χ1v) is 9.70. The van der Waals surface area contributed by atoms with E-state index in [9.17, 15) is 19.8 Å². The Hall–Kier alpha value is -3.96. The Morgan fingerprint density at radius 2 is 2.00 bits per heavy atom. The maximum Gasteiger partial charge on any atom is 0.279 e. The quantitative estimate of drug-likeness (QED) is 0.252. The highest BCUT2D eigenvalue weighted by Crippen LogP contribution is 2.24. The van der Waals surface area contributed by atoms with Crippen molar-refractivity contribution in [1.82, 2.24) is 20.1 Å². The fourth-order valence-electron chi connectivity index (χ4n) is 2.71. The molecule has 6 N–H and O–H groups in total. The standard InChI is InChI=1S/C21H24N6O5/c1-12-4-3-5-14(6-12)20(31)27-11-23-21(26-27)24-16-7-15(22)8-17(9-16)32-10-18(29)25-19(30)13(2)28/h3-9,11,13,19,28,30H,10,22H2,1-2H3,(H,24,26)(H,25,29). The van der Waals surface area contributed by atoms with Crippen molar-refractivity contribution in [3.05, 3.63) is 59.9 Å². The van der Waals surface area contributed by atoms with Gasteiger partial charge in [-0.1, -0.05) is 17.7 Å². The second kappa shape index (κ2) is 9.90. The predicted octanol–water partition coefficient (Wildman–Crippen LogP) is 0.795. The summed E-state index contributed by atoms with van der Waals surface area (Å²) in [7, 11) is 0. The molecule has 0 fully saturated rings. The SMILES string of the molecule is Cc1cccc(C(=O)n2cnc(Nc3cc(N)cc(OCC(=O)NC(O)C(C)O)c3)n2)c1. The molecule has 0 bridgehead atoms. The fourth-order valence-corrected chi connectivity index (χ4v) is 2.71. The van der Waals surface area contributed by atoms with Gasteiger partial charge in [-0.05, 0) is 32.0 Å². The van der Waals surface area contributed by atoms with Gasteiger partial charge in [-0.2, -0.15) is 9.67 Å².